The van der Waals surface area contributed by atoms with Gasteiger partial charge in [-0.3, -0.25) is 9.89 Å². The van der Waals surface area contributed by atoms with E-state index in [0.29, 0.717) is 24.5 Å². The summed E-state index contributed by atoms with van der Waals surface area (Å²) in [6.07, 6.45) is 3.90. The molecule has 27 heavy (non-hydrogen) atoms. The van der Waals surface area contributed by atoms with Crippen LogP contribution in [0.1, 0.15) is 5.56 Å². The molecule has 0 aliphatic rings. The number of likely N-dealkylation sites (N-methyl/N-ethyl adjacent to an activating group) is 1. The lowest BCUT2D eigenvalue weighted by Crippen LogP contribution is -2.20. The molecular weight excluding hydrogens is 340 g/mol. The second kappa shape index (κ2) is 9.00. The zero-order valence-corrected chi connectivity index (χ0v) is 15.6. The van der Waals surface area contributed by atoms with Crippen LogP contribution in [0.4, 0.5) is 5.69 Å². The van der Waals surface area contributed by atoms with E-state index < -0.39 is 0 Å². The van der Waals surface area contributed by atoms with E-state index in [1.807, 2.05) is 73.7 Å². The van der Waals surface area contributed by atoms with Gasteiger partial charge in [0.2, 0.25) is 5.91 Å². The molecule has 3 aromatic rings. The second-order valence-corrected chi connectivity index (χ2v) is 6.56. The van der Waals surface area contributed by atoms with E-state index in [1.54, 1.807) is 6.20 Å². The molecule has 140 valence electrons. The van der Waals surface area contributed by atoms with Crippen LogP contribution in [0.2, 0.25) is 0 Å². The highest BCUT2D eigenvalue weighted by atomic mass is 16.5. The van der Waals surface area contributed by atoms with E-state index in [4.69, 9.17) is 4.74 Å². The number of aromatic nitrogens is 2. The van der Waals surface area contributed by atoms with Crippen molar-refractivity contribution in [1.82, 2.24) is 15.1 Å². The van der Waals surface area contributed by atoms with Gasteiger partial charge in [-0.05, 0) is 37.4 Å². The molecule has 6 heteroatoms. The third kappa shape index (κ3) is 5.43. The van der Waals surface area contributed by atoms with Crippen molar-refractivity contribution in [2.75, 3.05) is 32.6 Å². The van der Waals surface area contributed by atoms with Gasteiger partial charge in [0, 0.05) is 18.3 Å². The summed E-state index contributed by atoms with van der Waals surface area (Å²) in [7, 11) is 3.99. The normalized spacial score (nSPS) is 10.8. The summed E-state index contributed by atoms with van der Waals surface area (Å²) in [5.41, 5.74) is 3.58. The van der Waals surface area contributed by atoms with E-state index in [-0.39, 0.29) is 5.91 Å². The highest BCUT2D eigenvalue weighted by molar-refractivity contribution is 5.94. The fraction of sp³-hybridized carbons (Fsp3) is 0.238. The number of H-pyrrole nitrogens is 1. The van der Waals surface area contributed by atoms with Gasteiger partial charge < -0.3 is 15.0 Å². The minimum Gasteiger partial charge on any atom is -0.490 e. The summed E-state index contributed by atoms with van der Waals surface area (Å²) in [6.45, 7) is 1.32. The predicted molar refractivity (Wildman–Crippen MR) is 107 cm³/mol. The van der Waals surface area contributed by atoms with Gasteiger partial charge in [-0.15, -0.1) is 0 Å². The number of ether oxygens (including phenoxy) is 1. The van der Waals surface area contributed by atoms with Gasteiger partial charge in [0.25, 0.3) is 0 Å². The Balaban J connectivity index is 1.76. The molecule has 1 heterocycles. The minimum atomic E-state index is -0.0743. The molecule has 0 saturated carbocycles. The quantitative estimate of drug-likeness (QED) is 0.644. The topological polar surface area (TPSA) is 70.2 Å². The van der Waals surface area contributed by atoms with Gasteiger partial charge in [-0.2, -0.15) is 5.10 Å². The number of aromatic amines is 1. The molecule has 0 aliphatic carbocycles. The van der Waals surface area contributed by atoms with Crippen molar-refractivity contribution >= 4 is 11.6 Å². The van der Waals surface area contributed by atoms with Crippen LogP contribution in [0.25, 0.3) is 11.1 Å². The Morgan fingerprint density at radius 1 is 1.15 bits per heavy atom. The van der Waals surface area contributed by atoms with Crippen molar-refractivity contribution in [3.63, 3.8) is 0 Å². The largest absolute Gasteiger partial charge is 0.490 e. The summed E-state index contributed by atoms with van der Waals surface area (Å²) in [5.74, 6) is 0.576. The average molecular weight is 364 g/mol. The number of amides is 1. The third-order valence-electron chi connectivity index (χ3n) is 4.09. The van der Waals surface area contributed by atoms with Crippen molar-refractivity contribution in [1.29, 1.82) is 0 Å². The van der Waals surface area contributed by atoms with Gasteiger partial charge in [-0.25, -0.2) is 0 Å². The molecule has 0 atom stereocenters. The van der Waals surface area contributed by atoms with E-state index in [0.717, 1.165) is 23.2 Å². The molecule has 2 aromatic carbocycles. The first-order valence-corrected chi connectivity index (χ1v) is 8.86. The highest BCUT2D eigenvalue weighted by Crippen LogP contribution is 2.31. The van der Waals surface area contributed by atoms with Crippen LogP contribution in [0, 0.1) is 0 Å². The Hall–Kier alpha value is -3.12. The number of nitrogens with one attached hydrogen (secondary N) is 2. The summed E-state index contributed by atoms with van der Waals surface area (Å²) >= 11 is 0. The van der Waals surface area contributed by atoms with Crippen molar-refractivity contribution in [2.24, 2.45) is 0 Å². The summed E-state index contributed by atoms with van der Waals surface area (Å²) in [4.78, 5) is 14.5. The lowest BCUT2D eigenvalue weighted by molar-refractivity contribution is -0.115. The Morgan fingerprint density at radius 2 is 1.96 bits per heavy atom. The Bertz CT molecular complexity index is 861. The van der Waals surface area contributed by atoms with Crippen LogP contribution < -0.4 is 10.1 Å². The van der Waals surface area contributed by atoms with Gasteiger partial charge >= 0.3 is 0 Å². The number of benzene rings is 2. The first kappa shape index (κ1) is 18.7. The Kier molecular flexibility index (Phi) is 6.22. The molecule has 0 radical (unpaired) electrons. The molecule has 0 aliphatic heterocycles. The lowest BCUT2D eigenvalue weighted by Gasteiger charge is -2.16. The van der Waals surface area contributed by atoms with Crippen molar-refractivity contribution < 1.29 is 9.53 Å². The van der Waals surface area contributed by atoms with E-state index in [9.17, 15) is 4.79 Å². The van der Waals surface area contributed by atoms with Crippen LogP contribution in [0.3, 0.4) is 0 Å². The fourth-order valence-corrected chi connectivity index (χ4v) is 2.65. The van der Waals surface area contributed by atoms with Gasteiger partial charge in [0.15, 0.2) is 0 Å². The Morgan fingerprint density at radius 3 is 2.67 bits per heavy atom. The fourth-order valence-electron chi connectivity index (χ4n) is 2.65. The standard InChI is InChI=1S/C21H24N4O2/c1-25(2)10-11-27-20-13-17(18-14-22-23-15-18)8-9-19(20)24-21(26)12-16-6-4-3-5-7-16/h3-9,13-15H,10-12H2,1-2H3,(H,22,23)(H,24,26). The van der Waals surface area contributed by atoms with Crippen LogP contribution in [0.5, 0.6) is 5.75 Å². The number of carbonyl (C=O) groups excluding carboxylic acids is 1. The Labute approximate surface area is 159 Å². The second-order valence-electron chi connectivity index (χ2n) is 6.56. The number of hydrogen-bond donors (Lipinski definition) is 2. The molecule has 2 N–H and O–H groups in total. The molecule has 1 aromatic heterocycles. The smallest absolute Gasteiger partial charge is 0.228 e. The predicted octanol–water partition coefficient (Wildman–Crippen LogP) is 3.20. The summed E-state index contributed by atoms with van der Waals surface area (Å²) in [5, 5.41) is 9.77. The summed E-state index contributed by atoms with van der Waals surface area (Å²) in [6, 6.07) is 15.4. The molecule has 0 spiro atoms. The number of anilines is 1. The molecule has 3 rings (SSSR count). The number of nitrogens with zero attached hydrogens (tertiary/aromatic N) is 2. The van der Waals surface area contributed by atoms with Gasteiger partial charge in [0.05, 0.1) is 18.3 Å². The zero-order valence-electron chi connectivity index (χ0n) is 15.6. The molecule has 0 unspecified atom stereocenters. The maximum atomic E-state index is 12.4. The van der Waals surface area contributed by atoms with E-state index in [1.165, 1.54) is 0 Å². The van der Waals surface area contributed by atoms with Crippen molar-refractivity contribution in [2.45, 2.75) is 6.42 Å². The van der Waals surface area contributed by atoms with E-state index in [2.05, 4.69) is 15.5 Å². The SMILES string of the molecule is CN(C)CCOc1cc(-c2cn[nH]c2)ccc1NC(=O)Cc1ccccc1. The molecule has 0 saturated heterocycles. The number of carbonyl (C=O) groups is 1. The lowest BCUT2D eigenvalue weighted by atomic mass is 10.1. The van der Waals surface area contributed by atoms with Crippen LogP contribution in [0.15, 0.2) is 60.9 Å². The number of rotatable bonds is 8. The molecule has 0 fully saturated rings. The van der Waals surface area contributed by atoms with Crippen LogP contribution in [-0.2, 0) is 11.2 Å². The molecule has 1 amide bonds. The average Bonchev–Trinajstić information content (AvgIpc) is 3.18. The molecule has 6 nitrogen and oxygen atoms in total. The first-order valence-electron chi connectivity index (χ1n) is 8.86. The first-order chi connectivity index (χ1) is 13.1. The van der Waals surface area contributed by atoms with Crippen molar-refractivity contribution in [3.05, 3.63) is 66.5 Å². The van der Waals surface area contributed by atoms with Crippen molar-refractivity contribution in [3.8, 4) is 16.9 Å². The van der Waals surface area contributed by atoms with Crippen LogP contribution >= 0.6 is 0 Å². The van der Waals surface area contributed by atoms with E-state index >= 15 is 0 Å². The minimum absolute atomic E-state index is 0.0743. The van der Waals surface area contributed by atoms with Gasteiger partial charge in [-0.1, -0.05) is 36.4 Å². The third-order valence-corrected chi connectivity index (χ3v) is 4.09. The number of hydrogen-bond acceptors (Lipinski definition) is 4. The van der Waals surface area contributed by atoms with Crippen LogP contribution in [-0.4, -0.2) is 48.3 Å². The highest BCUT2D eigenvalue weighted by Gasteiger charge is 2.11. The zero-order chi connectivity index (χ0) is 19.1. The molecular formula is C21H24N4O2. The summed E-state index contributed by atoms with van der Waals surface area (Å²) < 4.78 is 5.95. The maximum absolute atomic E-state index is 12.4. The maximum Gasteiger partial charge on any atom is 0.228 e. The van der Waals surface area contributed by atoms with Gasteiger partial charge in [0.1, 0.15) is 12.4 Å². The molecule has 0 bridgehead atoms. The monoisotopic (exact) mass is 364 g/mol.